The lowest BCUT2D eigenvalue weighted by atomic mass is 10.1. The van der Waals surface area contributed by atoms with Crippen LogP contribution in [0.1, 0.15) is 46.0 Å². The third-order valence-electron chi connectivity index (χ3n) is 3.07. The van der Waals surface area contributed by atoms with Crippen molar-refractivity contribution in [2.45, 2.75) is 58.0 Å². The number of hydrogen-bond donors (Lipinski definition) is 5. The lowest BCUT2D eigenvalue weighted by Gasteiger charge is -2.19. The van der Waals surface area contributed by atoms with E-state index in [4.69, 9.17) is 10.8 Å². The van der Waals surface area contributed by atoms with Crippen LogP contribution in [0.25, 0.3) is 0 Å². The first kappa shape index (κ1) is 20.7. The first-order valence-corrected chi connectivity index (χ1v) is 7.63. The van der Waals surface area contributed by atoms with Crippen molar-refractivity contribution in [2.75, 3.05) is 6.54 Å². The number of nitrogens with one attached hydrogen (secondary N) is 3. The van der Waals surface area contributed by atoms with Gasteiger partial charge >= 0.3 is 12.0 Å². The maximum absolute atomic E-state index is 11.9. The molecule has 0 aromatic heterocycles. The van der Waals surface area contributed by atoms with Crippen LogP contribution in [0.4, 0.5) is 4.79 Å². The summed E-state index contributed by atoms with van der Waals surface area (Å²) in [7, 11) is 0. The van der Waals surface area contributed by atoms with E-state index in [0.29, 0.717) is 6.54 Å². The van der Waals surface area contributed by atoms with E-state index in [-0.39, 0.29) is 0 Å². The average Bonchev–Trinajstić information content (AvgIpc) is 2.45. The van der Waals surface area contributed by atoms with E-state index >= 15 is 0 Å². The summed E-state index contributed by atoms with van der Waals surface area (Å²) in [6.07, 6.45) is 3.53. The molecule has 0 radical (unpaired) electrons. The quantitative estimate of drug-likeness (QED) is 0.329. The Kier molecular flexibility index (Phi) is 10.1. The predicted octanol–water partition coefficient (Wildman–Crippen LogP) is -0.301. The number of carboxylic acid groups (broad SMARTS) is 1. The van der Waals surface area contributed by atoms with Gasteiger partial charge in [0.1, 0.15) is 12.1 Å². The normalized spacial score (nSPS) is 12.8. The fourth-order valence-corrected chi connectivity index (χ4v) is 1.75. The number of urea groups is 1. The highest BCUT2D eigenvalue weighted by atomic mass is 16.4. The molecule has 9 nitrogen and oxygen atoms in total. The van der Waals surface area contributed by atoms with Gasteiger partial charge in [-0.05, 0) is 13.3 Å². The first-order valence-electron chi connectivity index (χ1n) is 7.63. The van der Waals surface area contributed by atoms with Crippen LogP contribution in [0, 0.1) is 0 Å². The molecule has 0 aliphatic carbocycles. The van der Waals surface area contributed by atoms with Crippen LogP contribution in [0.3, 0.4) is 0 Å². The topological polar surface area (TPSA) is 151 Å². The number of hydrogen-bond acceptors (Lipinski definition) is 4. The van der Waals surface area contributed by atoms with Gasteiger partial charge in [-0.1, -0.05) is 26.2 Å². The number of carbonyl (C=O) groups is 4. The minimum absolute atomic E-state index is 0.415. The zero-order valence-corrected chi connectivity index (χ0v) is 13.6. The van der Waals surface area contributed by atoms with E-state index < -0.39 is 42.3 Å². The molecule has 0 spiro atoms. The summed E-state index contributed by atoms with van der Waals surface area (Å²) in [5, 5.41) is 15.8. The molecule has 2 atom stereocenters. The molecule has 2 unspecified atom stereocenters. The Balaban J connectivity index is 4.42. The zero-order chi connectivity index (χ0) is 17.8. The Bertz CT molecular complexity index is 427. The van der Waals surface area contributed by atoms with Gasteiger partial charge in [-0.2, -0.15) is 0 Å². The molecule has 0 saturated carbocycles. The number of unbranched alkanes of at least 4 members (excludes halogenated alkanes) is 3. The van der Waals surface area contributed by atoms with E-state index in [1.165, 1.54) is 6.92 Å². The Morgan fingerprint density at radius 1 is 1.09 bits per heavy atom. The minimum Gasteiger partial charge on any atom is -0.480 e. The lowest BCUT2D eigenvalue weighted by molar-refractivity contribution is -0.141. The maximum atomic E-state index is 11.9. The standard InChI is InChI=1S/C14H26N4O5/c1-3-4-5-6-7-16-14(23)18-10(8-11(15)19)12(20)17-9(2)13(21)22/h9-10H,3-8H2,1-2H3,(H2,15,19)(H,17,20)(H,21,22)(H2,16,18,23). The van der Waals surface area contributed by atoms with Gasteiger partial charge in [0, 0.05) is 6.54 Å². The minimum atomic E-state index is -1.23. The third-order valence-corrected chi connectivity index (χ3v) is 3.07. The van der Waals surface area contributed by atoms with Gasteiger partial charge in [-0.15, -0.1) is 0 Å². The number of rotatable bonds is 11. The van der Waals surface area contributed by atoms with Crippen LogP contribution < -0.4 is 21.7 Å². The predicted molar refractivity (Wildman–Crippen MR) is 83.5 cm³/mol. The van der Waals surface area contributed by atoms with Crippen molar-refractivity contribution in [1.82, 2.24) is 16.0 Å². The van der Waals surface area contributed by atoms with Gasteiger partial charge in [-0.3, -0.25) is 14.4 Å². The van der Waals surface area contributed by atoms with Crippen LogP contribution in [-0.2, 0) is 14.4 Å². The number of aliphatic carboxylic acids is 1. The summed E-state index contributed by atoms with van der Waals surface area (Å²) >= 11 is 0. The summed E-state index contributed by atoms with van der Waals surface area (Å²) in [6.45, 7) is 3.79. The highest BCUT2D eigenvalue weighted by Gasteiger charge is 2.25. The van der Waals surface area contributed by atoms with Crippen molar-refractivity contribution in [3.8, 4) is 0 Å². The van der Waals surface area contributed by atoms with Crippen molar-refractivity contribution < 1.29 is 24.3 Å². The highest BCUT2D eigenvalue weighted by Crippen LogP contribution is 1.97. The second kappa shape index (κ2) is 11.3. The molecule has 6 N–H and O–H groups in total. The molecular formula is C14H26N4O5. The molecule has 132 valence electrons. The summed E-state index contributed by atoms with van der Waals surface area (Å²) in [4.78, 5) is 45.4. The number of primary amides is 1. The van der Waals surface area contributed by atoms with Crippen molar-refractivity contribution >= 4 is 23.8 Å². The summed E-state index contributed by atoms with van der Waals surface area (Å²) < 4.78 is 0. The van der Waals surface area contributed by atoms with Crippen molar-refractivity contribution in [2.24, 2.45) is 5.73 Å². The molecule has 0 heterocycles. The molecule has 0 aliphatic rings. The second-order valence-electron chi connectivity index (χ2n) is 5.25. The summed E-state index contributed by atoms with van der Waals surface area (Å²) in [5.41, 5.74) is 5.05. The second-order valence-corrected chi connectivity index (χ2v) is 5.25. The SMILES string of the molecule is CCCCCCNC(=O)NC(CC(N)=O)C(=O)NC(C)C(=O)O. The molecule has 23 heavy (non-hydrogen) atoms. The van der Waals surface area contributed by atoms with Gasteiger partial charge in [-0.25, -0.2) is 4.79 Å². The van der Waals surface area contributed by atoms with E-state index in [2.05, 4.69) is 22.9 Å². The molecule has 0 fully saturated rings. The molecular weight excluding hydrogens is 304 g/mol. The average molecular weight is 330 g/mol. The Labute approximate surface area is 135 Å². The monoisotopic (exact) mass is 330 g/mol. The van der Waals surface area contributed by atoms with E-state index in [9.17, 15) is 19.2 Å². The zero-order valence-electron chi connectivity index (χ0n) is 13.6. The number of amides is 4. The molecule has 0 aromatic carbocycles. The van der Waals surface area contributed by atoms with Gasteiger partial charge in [0.15, 0.2) is 0 Å². The van der Waals surface area contributed by atoms with Crippen LogP contribution in [0.15, 0.2) is 0 Å². The van der Waals surface area contributed by atoms with Crippen LogP contribution >= 0.6 is 0 Å². The van der Waals surface area contributed by atoms with E-state index in [0.717, 1.165) is 25.7 Å². The fraction of sp³-hybridized carbons (Fsp3) is 0.714. The van der Waals surface area contributed by atoms with Gasteiger partial charge in [0.2, 0.25) is 11.8 Å². The van der Waals surface area contributed by atoms with E-state index in [1.807, 2.05) is 0 Å². The van der Waals surface area contributed by atoms with Crippen LogP contribution in [0.5, 0.6) is 0 Å². The van der Waals surface area contributed by atoms with Crippen molar-refractivity contribution in [1.29, 1.82) is 0 Å². The van der Waals surface area contributed by atoms with Gasteiger partial charge in [0.25, 0.3) is 0 Å². The third kappa shape index (κ3) is 10.1. The first-order chi connectivity index (χ1) is 10.8. The maximum Gasteiger partial charge on any atom is 0.325 e. The molecule has 0 aromatic rings. The largest absolute Gasteiger partial charge is 0.480 e. The lowest BCUT2D eigenvalue weighted by Crippen LogP contribution is -2.54. The number of carbonyl (C=O) groups excluding carboxylic acids is 3. The smallest absolute Gasteiger partial charge is 0.325 e. The molecule has 0 bridgehead atoms. The van der Waals surface area contributed by atoms with Gasteiger partial charge in [0.05, 0.1) is 6.42 Å². The highest BCUT2D eigenvalue weighted by molar-refractivity contribution is 5.93. The number of carboxylic acids is 1. The van der Waals surface area contributed by atoms with E-state index in [1.54, 1.807) is 0 Å². The Hall–Kier alpha value is -2.32. The molecule has 4 amide bonds. The molecule has 0 rings (SSSR count). The summed E-state index contributed by atoms with van der Waals surface area (Å²) in [6, 6.07) is -2.97. The van der Waals surface area contributed by atoms with Gasteiger partial charge < -0.3 is 26.8 Å². The Morgan fingerprint density at radius 2 is 1.74 bits per heavy atom. The molecule has 0 saturated heterocycles. The number of nitrogens with two attached hydrogens (primary N) is 1. The molecule has 0 aliphatic heterocycles. The van der Waals surface area contributed by atoms with Crippen LogP contribution in [0.2, 0.25) is 0 Å². The van der Waals surface area contributed by atoms with Crippen LogP contribution in [-0.4, -0.2) is 47.5 Å². The fourth-order valence-electron chi connectivity index (χ4n) is 1.75. The summed E-state index contributed by atoms with van der Waals surface area (Å²) in [5.74, 6) is -2.78. The van der Waals surface area contributed by atoms with Crippen molar-refractivity contribution in [3.05, 3.63) is 0 Å². The van der Waals surface area contributed by atoms with Crippen molar-refractivity contribution in [3.63, 3.8) is 0 Å². The molecule has 9 heteroatoms. The Morgan fingerprint density at radius 3 is 2.26 bits per heavy atom.